The highest BCUT2D eigenvalue weighted by Gasteiger charge is 2.23. The van der Waals surface area contributed by atoms with Gasteiger partial charge in [-0.05, 0) is 37.0 Å². The van der Waals surface area contributed by atoms with E-state index in [-0.39, 0.29) is 12.5 Å². The number of piperidine rings is 1. The van der Waals surface area contributed by atoms with Crippen LogP contribution in [0.1, 0.15) is 23.2 Å². The zero-order chi connectivity index (χ0) is 13.1. The molecular formula is C13H15Br2NO2. The van der Waals surface area contributed by atoms with Crippen LogP contribution in [0.5, 0.6) is 0 Å². The van der Waals surface area contributed by atoms with Crippen molar-refractivity contribution in [3.05, 3.63) is 32.7 Å². The molecule has 1 amide bonds. The van der Waals surface area contributed by atoms with Gasteiger partial charge in [0.25, 0.3) is 5.91 Å². The summed E-state index contributed by atoms with van der Waals surface area (Å²) >= 11 is 6.78. The van der Waals surface area contributed by atoms with Crippen molar-refractivity contribution in [1.29, 1.82) is 0 Å². The molecule has 0 bridgehead atoms. The maximum Gasteiger partial charge on any atom is 0.253 e. The van der Waals surface area contributed by atoms with E-state index in [1.54, 1.807) is 0 Å². The van der Waals surface area contributed by atoms with E-state index in [1.807, 2.05) is 23.1 Å². The normalized spacial score (nSPS) is 16.9. The average Bonchev–Trinajstić information content (AvgIpc) is 2.37. The second kappa shape index (κ2) is 6.17. The lowest BCUT2D eigenvalue weighted by Gasteiger charge is -2.31. The van der Waals surface area contributed by atoms with E-state index >= 15 is 0 Å². The molecule has 1 heterocycles. The molecule has 0 aliphatic carbocycles. The van der Waals surface area contributed by atoms with Crippen LogP contribution >= 0.6 is 31.9 Å². The predicted octanol–water partition coefficient (Wildman–Crippen LogP) is 3.06. The van der Waals surface area contributed by atoms with Gasteiger partial charge < -0.3 is 10.0 Å². The molecule has 1 aromatic rings. The topological polar surface area (TPSA) is 40.5 Å². The molecule has 0 unspecified atom stereocenters. The number of carbonyl (C=O) groups is 1. The summed E-state index contributed by atoms with van der Waals surface area (Å²) in [6.45, 7) is 1.69. The first kappa shape index (κ1) is 14.0. The fourth-order valence-electron chi connectivity index (χ4n) is 2.18. The van der Waals surface area contributed by atoms with E-state index in [1.165, 1.54) is 0 Å². The van der Waals surface area contributed by atoms with Crippen molar-refractivity contribution in [2.45, 2.75) is 12.8 Å². The molecule has 0 radical (unpaired) electrons. The van der Waals surface area contributed by atoms with E-state index in [0.29, 0.717) is 11.5 Å². The molecular weight excluding hydrogens is 362 g/mol. The Morgan fingerprint density at radius 3 is 2.28 bits per heavy atom. The Balaban J connectivity index is 2.07. The van der Waals surface area contributed by atoms with E-state index in [2.05, 4.69) is 31.9 Å². The number of nitrogens with zero attached hydrogens (tertiary/aromatic N) is 1. The molecule has 0 spiro atoms. The summed E-state index contributed by atoms with van der Waals surface area (Å²) in [5.74, 6) is 0.414. The minimum Gasteiger partial charge on any atom is -0.396 e. The second-order valence-electron chi connectivity index (χ2n) is 4.58. The minimum atomic E-state index is 0.0633. The average molecular weight is 377 g/mol. The highest BCUT2D eigenvalue weighted by Crippen LogP contribution is 2.23. The molecule has 1 saturated heterocycles. The minimum absolute atomic E-state index is 0.0633. The summed E-state index contributed by atoms with van der Waals surface area (Å²) in [6, 6.07) is 5.59. The lowest BCUT2D eigenvalue weighted by molar-refractivity contribution is 0.0650. The van der Waals surface area contributed by atoms with Gasteiger partial charge in [-0.3, -0.25) is 4.79 Å². The molecule has 0 aromatic heterocycles. The zero-order valence-corrected chi connectivity index (χ0v) is 13.1. The molecule has 1 fully saturated rings. The summed E-state index contributed by atoms with van der Waals surface area (Å²) in [4.78, 5) is 14.2. The van der Waals surface area contributed by atoms with Gasteiger partial charge in [0, 0.05) is 34.2 Å². The number of benzene rings is 1. The van der Waals surface area contributed by atoms with Crippen LogP contribution in [0.4, 0.5) is 0 Å². The third-order valence-electron chi connectivity index (χ3n) is 3.27. The third-order valence-corrected chi connectivity index (χ3v) is 4.19. The molecule has 0 atom stereocenters. The zero-order valence-electron chi connectivity index (χ0n) is 9.90. The van der Waals surface area contributed by atoms with Crippen molar-refractivity contribution in [2.24, 2.45) is 5.92 Å². The van der Waals surface area contributed by atoms with E-state index in [9.17, 15) is 4.79 Å². The molecule has 18 heavy (non-hydrogen) atoms. The van der Waals surface area contributed by atoms with Crippen LogP contribution in [0.3, 0.4) is 0 Å². The Morgan fingerprint density at radius 2 is 1.78 bits per heavy atom. The molecule has 1 N–H and O–H groups in total. The first-order chi connectivity index (χ1) is 8.60. The molecule has 1 aromatic carbocycles. The standard InChI is InChI=1S/C13H15Br2NO2/c14-11-5-10(6-12(15)7-11)13(18)16-3-1-9(8-17)2-4-16/h5-7,9,17H,1-4,8H2. The van der Waals surface area contributed by atoms with Gasteiger partial charge in [-0.25, -0.2) is 0 Å². The van der Waals surface area contributed by atoms with Crippen LogP contribution in [-0.2, 0) is 0 Å². The molecule has 2 rings (SSSR count). The van der Waals surface area contributed by atoms with Crippen LogP contribution in [-0.4, -0.2) is 35.6 Å². The lowest BCUT2D eigenvalue weighted by Crippen LogP contribution is -2.39. The van der Waals surface area contributed by atoms with E-state index in [4.69, 9.17) is 5.11 Å². The SMILES string of the molecule is O=C(c1cc(Br)cc(Br)c1)N1CCC(CO)CC1. The lowest BCUT2D eigenvalue weighted by atomic mass is 9.97. The Bertz CT molecular complexity index is 422. The largest absolute Gasteiger partial charge is 0.396 e. The molecule has 1 aliphatic heterocycles. The number of amides is 1. The van der Waals surface area contributed by atoms with Gasteiger partial charge in [0.1, 0.15) is 0 Å². The summed E-state index contributed by atoms with van der Waals surface area (Å²) in [6.07, 6.45) is 1.77. The predicted molar refractivity (Wildman–Crippen MR) is 77.6 cm³/mol. The fraction of sp³-hybridized carbons (Fsp3) is 0.462. The van der Waals surface area contributed by atoms with Gasteiger partial charge in [-0.2, -0.15) is 0 Å². The van der Waals surface area contributed by atoms with Gasteiger partial charge in [0.15, 0.2) is 0 Å². The van der Waals surface area contributed by atoms with Crippen molar-refractivity contribution >= 4 is 37.8 Å². The number of hydrogen-bond donors (Lipinski definition) is 1. The molecule has 3 nitrogen and oxygen atoms in total. The highest BCUT2D eigenvalue weighted by molar-refractivity contribution is 9.11. The molecule has 1 aliphatic rings. The quantitative estimate of drug-likeness (QED) is 0.861. The van der Waals surface area contributed by atoms with Crippen molar-refractivity contribution in [3.8, 4) is 0 Å². The van der Waals surface area contributed by atoms with Crippen molar-refractivity contribution < 1.29 is 9.90 Å². The van der Waals surface area contributed by atoms with Crippen molar-refractivity contribution in [1.82, 2.24) is 4.90 Å². The van der Waals surface area contributed by atoms with Gasteiger partial charge >= 0.3 is 0 Å². The van der Waals surface area contributed by atoms with Gasteiger partial charge in [0.2, 0.25) is 0 Å². The van der Waals surface area contributed by atoms with E-state index < -0.39 is 0 Å². The van der Waals surface area contributed by atoms with Crippen LogP contribution in [0.2, 0.25) is 0 Å². The maximum atomic E-state index is 12.3. The number of carbonyl (C=O) groups excluding carboxylic acids is 1. The van der Waals surface area contributed by atoms with Gasteiger partial charge in [-0.15, -0.1) is 0 Å². The van der Waals surface area contributed by atoms with Crippen molar-refractivity contribution in [3.63, 3.8) is 0 Å². The molecule has 98 valence electrons. The summed E-state index contributed by atoms with van der Waals surface area (Å²) in [5, 5.41) is 9.09. The van der Waals surface area contributed by atoms with Crippen LogP contribution in [0.15, 0.2) is 27.1 Å². The Kier molecular flexibility index (Phi) is 4.81. The summed E-state index contributed by atoms with van der Waals surface area (Å²) in [5.41, 5.74) is 0.693. The maximum absolute atomic E-state index is 12.3. The number of rotatable bonds is 2. The first-order valence-electron chi connectivity index (χ1n) is 5.96. The smallest absolute Gasteiger partial charge is 0.253 e. The third kappa shape index (κ3) is 3.33. The molecule has 0 saturated carbocycles. The Hall–Kier alpha value is -0.390. The van der Waals surface area contributed by atoms with Crippen LogP contribution < -0.4 is 0 Å². The molecule has 5 heteroatoms. The highest BCUT2D eigenvalue weighted by atomic mass is 79.9. The number of aliphatic hydroxyl groups is 1. The number of likely N-dealkylation sites (tertiary alicyclic amines) is 1. The number of hydrogen-bond acceptors (Lipinski definition) is 2. The van der Waals surface area contributed by atoms with Crippen molar-refractivity contribution in [2.75, 3.05) is 19.7 Å². The summed E-state index contributed by atoms with van der Waals surface area (Å²) < 4.78 is 1.79. The first-order valence-corrected chi connectivity index (χ1v) is 7.55. The second-order valence-corrected chi connectivity index (χ2v) is 6.41. The van der Waals surface area contributed by atoms with Gasteiger partial charge in [-0.1, -0.05) is 31.9 Å². The van der Waals surface area contributed by atoms with Crippen LogP contribution in [0.25, 0.3) is 0 Å². The fourth-order valence-corrected chi connectivity index (χ4v) is 3.47. The monoisotopic (exact) mass is 375 g/mol. The van der Waals surface area contributed by atoms with Gasteiger partial charge in [0.05, 0.1) is 0 Å². The number of halogens is 2. The van der Waals surface area contributed by atoms with Crippen LogP contribution in [0, 0.1) is 5.92 Å². The Labute approximate surface area is 123 Å². The Morgan fingerprint density at radius 1 is 1.22 bits per heavy atom. The number of aliphatic hydroxyl groups excluding tert-OH is 1. The van der Waals surface area contributed by atoms with E-state index in [0.717, 1.165) is 34.9 Å². The summed E-state index contributed by atoms with van der Waals surface area (Å²) in [7, 11) is 0.